The van der Waals surface area contributed by atoms with E-state index in [0.717, 1.165) is 28.0 Å². The van der Waals surface area contributed by atoms with E-state index in [0.29, 0.717) is 37.7 Å². The third-order valence-electron chi connectivity index (χ3n) is 7.56. The number of hydrogen-bond donors (Lipinski definition) is 1. The van der Waals surface area contributed by atoms with Crippen molar-refractivity contribution in [2.75, 3.05) is 24.4 Å². The van der Waals surface area contributed by atoms with Crippen LogP contribution in [0.1, 0.15) is 16.4 Å². The van der Waals surface area contributed by atoms with Crippen LogP contribution < -0.4 is 24.6 Å². The molecule has 2 aliphatic heterocycles. The number of imide groups is 1. The van der Waals surface area contributed by atoms with Gasteiger partial charge in [-0.15, -0.1) is 0 Å². The van der Waals surface area contributed by atoms with Crippen molar-refractivity contribution in [2.45, 2.75) is 22.7 Å². The van der Waals surface area contributed by atoms with Gasteiger partial charge in [0.05, 0.1) is 35.8 Å². The Balaban J connectivity index is 1.43. The number of nitrogens with zero attached hydrogens (tertiary/aromatic N) is 3. The molecule has 1 aromatic heterocycles. The van der Waals surface area contributed by atoms with E-state index in [1.54, 1.807) is 42.5 Å². The molecule has 2 aliphatic rings. The standard InChI is InChI=1S/C30H23ClN4O8S2/c1-42-20-12-3-15(13-21(20)43-2)23-24-25(28(38)34(27(24)37)18-8-10-19(11-9-18)35(40)41)44-29-26(23)45-30(39)33(29)14-22(36)32-17-6-4-16(31)5-7-17/h3-13,23-25H,14H2,1-2H3,(H,32,36)/t23-,24+,25-/m0/s1. The molecule has 3 aromatic carbocycles. The second-order valence-corrected chi connectivity index (χ2v) is 12.7. The van der Waals surface area contributed by atoms with E-state index in [1.165, 1.54) is 43.1 Å². The summed E-state index contributed by atoms with van der Waals surface area (Å²) in [5, 5.41) is 13.9. The molecule has 12 nitrogen and oxygen atoms in total. The molecule has 3 amide bonds. The Kier molecular flexibility index (Phi) is 8.12. The van der Waals surface area contributed by atoms with Gasteiger partial charge in [0, 0.05) is 33.6 Å². The number of non-ortho nitro benzene ring substituents is 1. The zero-order chi connectivity index (χ0) is 32.0. The Morgan fingerprint density at radius 1 is 0.978 bits per heavy atom. The molecular formula is C30H23ClN4O8S2. The number of fused-ring (bicyclic) bond motifs is 2. The van der Waals surface area contributed by atoms with Crippen LogP contribution in [0.2, 0.25) is 5.02 Å². The van der Waals surface area contributed by atoms with E-state index in [1.807, 2.05) is 0 Å². The lowest BCUT2D eigenvalue weighted by atomic mass is 9.83. The van der Waals surface area contributed by atoms with Crippen molar-refractivity contribution >= 4 is 69.5 Å². The first-order valence-corrected chi connectivity index (χ1v) is 15.5. The number of anilines is 2. The number of nitro benzene ring substituents is 1. The summed E-state index contributed by atoms with van der Waals surface area (Å²) in [4.78, 5) is 66.2. The van der Waals surface area contributed by atoms with Crippen LogP contribution in [0.3, 0.4) is 0 Å². The maximum Gasteiger partial charge on any atom is 0.308 e. The Hall–Kier alpha value is -4.66. The van der Waals surface area contributed by atoms with Crippen LogP contribution in [0, 0.1) is 16.0 Å². The third kappa shape index (κ3) is 5.45. The number of amides is 3. The maximum atomic E-state index is 14.1. The minimum absolute atomic E-state index is 0.184. The molecule has 1 saturated heterocycles. The predicted molar refractivity (Wildman–Crippen MR) is 169 cm³/mol. The second-order valence-electron chi connectivity index (χ2n) is 10.1. The number of nitrogens with one attached hydrogen (secondary N) is 1. The van der Waals surface area contributed by atoms with Crippen LogP contribution in [0.5, 0.6) is 11.5 Å². The molecule has 15 heteroatoms. The van der Waals surface area contributed by atoms with Gasteiger partial charge in [0.2, 0.25) is 17.7 Å². The van der Waals surface area contributed by atoms with Gasteiger partial charge in [0.25, 0.3) is 5.69 Å². The number of thiazole rings is 1. The van der Waals surface area contributed by atoms with Gasteiger partial charge < -0.3 is 14.8 Å². The predicted octanol–water partition coefficient (Wildman–Crippen LogP) is 4.92. The monoisotopic (exact) mass is 666 g/mol. The number of halogens is 1. The molecule has 1 fully saturated rings. The van der Waals surface area contributed by atoms with E-state index in [9.17, 15) is 29.3 Å². The molecule has 0 spiro atoms. The molecule has 4 aromatic rings. The number of carbonyl (C=O) groups excluding carboxylic acids is 3. The fraction of sp³-hybridized carbons (Fsp3) is 0.200. The van der Waals surface area contributed by atoms with Crippen LogP contribution in [-0.4, -0.2) is 46.7 Å². The number of rotatable bonds is 8. The highest BCUT2D eigenvalue weighted by atomic mass is 35.5. The van der Waals surface area contributed by atoms with Crippen LogP contribution in [0.4, 0.5) is 17.1 Å². The van der Waals surface area contributed by atoms with Crippen molar-refractivity contribution in [1.82, 2.24) is 4.57 Å². The van der Waals surface area contributed by atoms with Crippen LogP contribution in [0.15, 0.2) is 76.6 Å². The van der Waals surface area contributed by atoms with Gasteiger partial charge in [0.1, 0.15) is 11.8 Å². The van der Waals surface area contributed by atoms with Gasteiger partial charge in [-0.1, -0.05) is 40.8 Å². The van der Waals surface area contributed by atoms with Crippen molar-refractivity contribution in [3.63, 3.8) is 0 Å². The highest BCUT2D eigenvalue weighted by molar-refractivity contribution is 8.00. The van der Waals surface area contributed by atoms with E-state index in [2.05, 4.69) is 5.32 Å². The molecular weight excluding hydrogens is 644 g/mol. The quantitative estimate of drug-likeness (QED) is 0.157. The lowest BCUT2D eigenvalue weighted by Gasteiger charge is -2.31. The van der Waals surface area contributed by atoms with E-state index < -0.39 is 44.6 Å². The molecule has 230 valence electrons. The largest absolute Gasteiger partial charge is 0.493 e. The third-order valence-corrected chi connectivity index (χ3v) is 10.4. The van der Waals surface area contributed by atoms with Crippen molar-refractivity contribution in [1.29, 1.82) is 0 Å². The summed E-state index contributed by atoms with van der Waals surface area (Å²) in [7, 11) is 2.96. The molecule has 6 rings (SSSR count). The minimum atomic E-state index is -0.946. The summed E-state index contributed by atoms with van der Waals surface area (Å²) < 4.78 is 12.2. The first-order valence-electron chi connectivity index (χ1n) is 13.4. The molecule has 0 aliphatic carbocycles. The van der Waals surface area contributed by atoms with Gasteiger partial charge >= 0.3 is 4.87 Å². The molecule has 3 heterocycles. The lowest BCUT2D eigenvalue weighted by molar-refractivity contribution is -0.384. The number of hydrogen-bond acceptors (Lipinski definition) is 10. The Labute approximate surface area is 268 Å². The first kappa shape index (κ1) is 30.4. The van der Waals surface area contributed by atoms with Crippen molar-refractivity contribution < 1.29 is 28.8 Å². The average molecular weight is 667 g/mol. The summed E-state index contributed by atoms with van der Waals surface area (Å²) in [6.07, 6.45) is 0. The molecule has 0 saturated carbocycles. The second kappa shape index (κ2) is 12.0. The van der Waals surface area contributed by atoms with Gasteiger partial charge in [-0.25, -0.2) is 4.90 Å². The summed E-state index contributed by atoms with van der Waals surface area (Å²) in [6, 6.07) is 16.8. The van der Waals surface area contributed by atoms with Gasteiger partial charge in [-0.2, -0.15) is 0 Å². The zero-order valence-corrected chi connectivity index (χ0v) is 26.0. The summed E-state index contributed by atoms with van der Waals surface area (Å²) >= 11 is 7.91. The summed E-state index contributed by atoms with van der Waals surface area (Å²) in [5.74, 6) is -2.33. The van der Waals surface area contributed by atoms with Gasteiger partial charge in [0.15, 0.2) is 11.5 Å². The van der Waals surface area contributed by atoms with Crippen LogP contribution in [-0.2, 0) is 20.9 Å². The van der Waals surface area contributed by atoms with E-state index >= 15 is 0 Å². The summed E-state index contributed by atoms with van der Waals surface area (Å²) in [5.41, 5.74) is 1.11. The number of benzene rings is 3. The lowest BCUT2D eigenvalue weighted by Crippen LogP contribution is -2.33. The normalized spacial score (nSPS) is 18.7. The fourth-order valence-electron chi connectivity index (χ4n) is 5.52. The maximum absolute atomic E-state index is 14.1. The highest BCUT2D eigenvalue weighted by Crippen LogP contribution is 2.54. The number of ether oxygens (including phenoxy) is 2. The number of thioether (sulfide) groups is 1. The first-order chi connectivity index (χ1) is 21.6. The highest BCUT2D eigenvalue weighted by Gasteiger charge is 2.57. The molecule has 0 unspecified atom stereocenters. The molecule has 3 atom stereocenters. The number of aromatic nitrogens is 1. The molecule has 0 bridgehead atoms. The fourth-order valence-corrected chi connectivity index (χ4v) is 8.42. The topological polar surface area (TPSA) is 150 Å². The SMILES string of the molecule is COc1ccc([C@@H]2c3sc(=O)n(CC(=O)Nc4ccc(Cl)cc4)c3S[C@@H]3C(=O)N(c4ccc([N+](=O)[O-])cc4)C(=O)[C@H]23)cc1OC. The van der Waals surface area contributed by atoms with Crippen molar-refractivity contribution in [3.05, 3.63) is 102 Å². The van der Waals surface area contributed by atoms with Gasteiger partial charge in [-0.05, 0) is 54.1 Å². The van der Waals surface area contributed by atoms with Crippen LogP contribution in [0.25, 0.3) is 0 Å². The van der Waals surface area contributed by atoms with E-state index in [4.69, 9.17) is 21.1 Å². The van der Waals surface area contributed by atoms with Gasteiger partial charge in [-0.3, -0.25) is 33.9 Å². The van der Waals surface area contributed by atoms with Crippen LogP contribution >= 0.6 is 34.7 Å². The molecule has 0 radical (unpaired) electrons. The Morgan fingerprint density at radius 2 is 1.67 bits per heavy atom. The summed E-state index contributed by atoms with van der Waals surface area (Å²) in [6.45, 7) is -0.329. The minimum Gasteiger partial charge on any atom is -0.493 e. The average Bonchev–Trinajstić information content (AvgIpc) is 3.47. The van der Waals surface area contributed by atoms with Crippen molar-refractivity contribution in [3.8, 4) is 11.5 Å². The Bertz CT molecular complexity index is 1910. The zero-order valence-electron chi connectivity index (χ0n) is 23.6. The smallest absolute Gasteiger partial charge is 0.308 e. The van der Waals surface area contributed by atoms with E-state index in [-0.39, 0.29) is 17.9 Å². The molecule has 45 heavy (non-hydrogen) atoms. The number of methoxy groups -OCH3 is 2. The van der Waals surface area contributed by atoms with Crippen molar-refractivity contribution in [2.24, 2.45) is 5.92 Å². The number of carbonyl (C=O) groups is 3. The molecule has 1 N–H and O–H groups in total. The Morgan fingerprint density at radius 3 is 2.31 bits per heavy atom. The number of nitro groups is 1.